The number of nitrogen functional groups attached to an aromatic ring is 1. The Labute approximate surface area is 230 Å². The summed E-state index contributed by atoms with van der Waals surface area (Å²) in [6, 6.07) is 14.4. The molecule has 2 aromatic carbocycles. The van der Waals surface area contributed by atoms with Gasteiger partial charge >= 0.3 is 6.09 Å². The van der Waals surface area contributed by atoms with Gasteiger partial charge in [-0.1, -0.05) is 30.3 Å². The van der Waals surface area contributed by atoms with Gasteiger partial charge in [-0.25, -0.2) is 14.8 Å². The maximum atomic E-state index is 13.3. The van der Waals surface area contributed by atoms with Gasteiger partial charge in [-0.15, -0.1) is 0 Å². The lowest BCUT2D eigenvalue weighted by molar-refractivity contribution is 0.0240. The minimum atomic E-state index is -0.569. The number of benzene rings is 2. The number of nitrogens with zero attached hydrogens (tertiary/aromatic N) is 4. The third-order valence-electron chi connectivity index (χ3n) is 6.04. The van der Waals surface area contributed by atoms with E-state index in [1.165, 1.54) is 6.20 Å². The predicted molar refractivity (Wildman–Crippen MR) is 149 cm³/mol. The Balaban J connectivity index is 1.61. The first-order chi connectivity index (χ1) is 18.0. The van der Waals surface area contributed by atoms with Gasteiger partial charge < -0.3 is 20.3 Å². The van der Waals surface area contributed by atoms with Gasteiger partial charge in [0.25, 0.3) is 0 Å². The van der Waals surface area contributed by atoms with Crippen molar-refractivity contribution in [1.29, 1.82) is 0 Å². The molecule has 1 aliphatic rings. The molecular formula is C28H30BrN5O4. The Kier molecular flexibility index (Phi) is 8.11. The predicted octanol–water partition coefficient (Wildman–Crippen LogP) is 4.53. The Morgan fingerprint density at radius 2 is 1.68 bits per heavy atom. The minimum absolute atomic E-state index is 0.0210. The van der Waals surface area contributed by atoms with E-state index in [2.05, 4.69) is 30.8 Å². The molecule has 4 rings (SSSR count). The lowest BCUT2D eigenvalue weighted by Gasteiger charge is -2.37. The average molecular weight is 580 g/mol. The second-order valence-corrected chi connectivity index (χ2v) is 10.8. The van der Waals surface area contributed by atoms with Gasteiger partial charge in [0.1, 0.15) is 15.9 Å². The Hall–Kier alpha value is -3.79. The highest BCUT2D eigenvalue weighted by Gasteiger charge is 2.28. The highest BCUT2D eigenvalue weighted by Crippen LogP contribution is 2.27. The number of halogens is 1. The lowest BCUT2D eigenvalue weighted by Crippen LogP contribution is -2.50. The molecule has 2 N–H and O–H groups in total. The third-order valence-corrected chi connectivity index (χ3v) is 6.42. The fourth-order valence-electron chi connectivity index (χ4n) is 4.23. The molecule has 38 heavy (non-hydrogen) atoms. The second kappa shape index (κ2) is 11.3. The van der Waals surface area contributed by atoms with E-state index < -0.39 is 5.60 Å². The van der Waals surface area contributed by atoms with E-state index in [-0.39, 0.29) is 35.6 Å². The van der Waals surface area contributed by atoms with Crippen LogP contribution >= 0.6 is 15.9 Å². The average Bonchev–Trinajstić information content (AvgIpc) is 2.89. The molecule has 0 saturated carbocycles. The van der Waals surface area contributed by atoms with Crippen LogP contribution < -0.4 is 10.6 Å². The molecule has 10 heteroatoms. The van der Waals surface area contributed by atoms with Crippen molar-refractivity contribution in [3.63, 3.8) is 0 Å². The van der Waals surface area contributed by atoms with Crippen molar-refractivity contribution in [3.8, 4) is 0 Å². The zero-order valence-corrected chi connectivity index (χ0v) is 23.2. The van der Waals surface area contributed by atoms with Crippen LogP contribution in [0, 0.1) is 0 Å². The molecule has 1 amide bonds. The summed E-state index contributed by atoms with van der Waals surface area (Å²) in [7, 11) is 0. The lowest BCUT2D eigenvalue weighted by atomic mass is 9.96. The van der Waals surface area contributed by atoms with Crippen LogP contribution in [-0.2, 0) is 11.2 Å². The molecule has 1 saturated heterocycles. The van der Waals surface area contributed by atoms with Crippen LogP contribution in [0.5, 0.6) is 0 Å². The zero-order chi connectivity index (χ0) is 27.4. The summed E-state index contributed by atoms with van der Waals surface area (Å²) in [6.07, 6.45) is 1.06. The molecule has 0 unspecified atom stereocenters. The van der Waals surface area contributed by atoms with E-state index in [0.29, 0.717) is 47.5 Å². The topological polar surface area (TPSA) is 119 Å². The minimum Gasteiger partial charge on any atom is -0.444 e. The second-order valence-electron chi connectivity index (χ2n) is 10.0. The van der Waals surface area contributed by atoms with Crippen LogP contribution in [-0.4, -0.2) is 64.3 Å². The van der Waals surface area contributed by atoms with Crippen molar-refractivity contribution in [2.45, 2.75) is 32.8 Å². The number of carbonyl (C=O) groups excluding carboxylic acids is 3. The molecule has 3 aromatic rings. The summed E-state index contributed by atoms with van der Waals surface area (Å²) in [5.41, 5.74) is 7.96. The highest BCUT2D eigenvalue weighted by atomic mass is 79.9. The number of hydrogen-bond acceptors (Lipinski definition) is 8. The number of ketones is 2. The summed E-state index contributed by atoms with van der Waals surface area (Å²) in [4.78, 5) is 51.0. The number of nitrogens with two attached hydrogens (primary N) is 1. The van der Waals surface area contributed by atoms with Gasteiger partial charge in [0.15, 0.2) is 17.4 Å². The van der Waals surface area contributed by atoms with Crippen molar-refractivity contribution in [3.05, 3.63) is 81.7 Å². The Bertz CT molecular complexity index is 1350. The normalized spacial score (nSPS) is 13.8. The summed E-state index contributed by atoms with van der Waals surface area (Å²) in [5, 5.41) is 0. The zero-order valence-electron chi connectivity index (χ0n) is 21.6. The number of ether oxygens (including phenoxy) is 1. The van der Waals surface area contributed by atoms with Crippen molar-refractivity contribution in [1.82, 2.24) is 14.9 Å². The Morgan fingerprint density at radius 1 is 1.00 bits per heavy atom. The van der Waals surface area contributed by atoms with E-state index in [0.717, 1.165) is 5.69 Å². The first-order valence-corrected chi connectivity index (χ1v) is 13.1. The molecule has 0 spiro atoms. The molecular weight excluding hydrogens is 550 g/mol. The summed E-state index contributed by atoms with van der Waals surface area (Å²) in [5.74, 6) is -0.404. The molecule has 0 atom stereocenters. The molecule has 9 nitrogen and oxygen atoms in total. The van der Waals surface area contributed by atoms with E-state index in [9.17, 15) is 14.4 Å². The van der Waals surface area contributed by atoms with Gasteiger partial charge in [0, 0.05) is 49.4 Å². The standard InChI is InChI=1S/C28H30BrN5O4/c1-28(2,3)38-27(37)34-13-11-33(12-14-34)21-10-9-19(25(36)18-7-5-4-6-8-18)15-20(21)16-22(35)24-26(30)31-17-23(29)32-24/h4-10,15,17H,11-14,16H2,1-3H3,(H2,30,31). The van der Waals surface area contributed by atoms with Crippen LogP contribution in [0.2, 0.25) is 0 Å². The molecule has 0 bridgehead atoms. The fourth-order valence-corrected chi connectivity index (χ4v) is 4.51. The number of aromatic nitrogens is 2. The number of Topliss-reactive ketones (excluding diaryl/α,β-unsaturated/α-hetero) is 1. The van der Waals surface area contributed by atoms with Crippen LogP contribution in [0.25, 0.3) is 0 Å². The van der Waals surface area contributed by atoms with Crippen LogP contribution in [0.1, 0.15) is 52.7 Å². The fraction of sp³-hybridized carbons (Fsp3) is 0.321. The molecule has 0 radical (unpaired) electrons. The molecule has 198 valence electrons. The van der Waals surface area contributed by atoms with Crippen LogP contribution in [0.4, 0.5) is 16.3 Å². The quantitative estimate of drug-likeness (QED) is 0.423. The van der Waals surface area contributed by atoms with Crippen molar-refractivity contribution in [2.24, 2.45) is 0 Å². The summed E-state index contributed by atoms with van der Waals surface area (Å²) in [6.45, 7) is 7.55. The van der Waals surface area contributed by atoms with Gasteiger partial charge in [-0.3, -0.25) is 9.59 Å². The van der Waals surface area contributed by atoms with Gasteiger partial charge in [-0.05, 0) is 60.5 Å². The van der Waals surface area contributed by atoms with E-state index in [1.54, 1.807) is 29.2 Å². The summed E-state index contributed by atoms with van der Waals surface area (Å²) >= 11 is 3.24. The molecule has 1 aromatic heterocycles. The number of rotatable bonds is 6. The van der Waals surface area contributed by atoms with Crippen molar-refractivity contribution >= 4 is 45.1 Å². The maximum absolute atomic E-state index is 13.3. The number of amides is 1. The number of carbonyl (C=O) groups is 3. The van der Waals surface area contributed by atoms with Gasteiger partial charge in [0.2, 0.25) is 0 Å². The third kappa shape index (κ3) is 6.55. The SMILES string of the molecule is CC(C)(C)OC(=O)N1CCN(c2ccc(C(=O)c3ccccc3)cc2CC(=O)c2nc(Br)cnc2N)CC1. The van der Waals surface area contributed by atoms with E-state index in [4.69, 9.17) is 10.5 Å². The maximum Gasteiger partial charge on any atom is 0.410 e. The monoisotopic (exact) mass is 579 g/mol. The van der Waals surface area contributed by atoms with Gasteiger partial charge in [0.05, 0.1) is 6.20 Å². The number of hydrogen-bond donors (Lipinski definition) is 1. The van der Waals surface area contributed by atoms with Crippen molar-refractivity contribution < 1.29 is 19.1 Å². The molecule has 1 fully saturated rings. The first kappa shape index (κ1) is 27.3. The molecule has 2 heterocycles. The first-order valence-electron chi connectivity index (χ1n) is 12.3. The van der Waals surface area contributed by atoms with Crippen molar-refractivity contribution in [2.75, 3.05) is 36.8 Å². The number of anilines is 2. The summed E-state index contributed by atoms with van der Waals surface area (Å²) < 4.78 is 5.91. The van der Waals surface area contributed by atoms with E-state index in [1.807, 2.05) is 45.0 Å². The highest BCUT2D eigenvalue weighted by molar-refractivity contribution is 9.10. The van der Waals surface area contributed by atoms with Gasteiger partial charge in [-0.2, -0.15) is 0 Å². The molecule has 1 aliphatic heterocycles. The number of piperazine rings is 1. The smallest absolute Gasteiger partial charge is 0.410 e. The largest absolute Gasteiger partial charge is 0.444 e. The molecule has 0 aliphatic carbocycles. The Morgan fingerprint density at radius 3 is 2.34 bits per heavy atom. The van der Waals surface area contributed by atoms with Crippen LogP contribution in [0.15, 0.2) is 59.3 Å². The van der Waals surface area contributed by atoms with E-state index >= 15 is 0 Å². The van der Waals surface area contributed by atoms with Crippen LogP contribution in [0.3, 0.4) is 0 Å².